The first kappa shape index (κ1) is 20.1. The first-order valence-corrected chi connectivity index (χ1v) is 8.65. The number of hydrogen-bond acceptors (Lipinski definition) is 6. The third kappa shape index (κ3) is 4.51. The van der Waals surface area contributed by atoms with Gasteiger partial charge in [-0.3, -0.25) is 0 Å². The van der Waals surface area contributed by atoms with E-state index in [1.165, 1.54) is 6.08 Å². The van der Waals surface area contributed by atoms with Gasteiger partial charge in [-0.2, -0.15) is 0 Å². The highest BCUT2D eigenvalue weighted by Gasteiger charge is 2.44. The van der Waals surface area contributed by atoms with Crippen LogP contribution < -0.4 is 0 Å². The molecule has 2 rings (SSSR count). The van der Waals surface area contributed by atoms with Crippen LogP contribution in [0.4, 0.5) is 0 Å². The first-order valence-electron chi connectivity index (χ1n) is 8.65. The van der Waals surface area contributed by atoms with Gasteiger partial charge in [0.1, 0.15) is 12.2 Å². The molecule has 0 aromatic carbocycles. The van der Waals surface area contributed by atoms with Crippen LogP contribution in [-0.4, -0.2) is 47.1 Å². The molecule has 6 heteroatoms. The number of esters is 2. The predicted molar refractivity (Wildman–Crippen MR) is 96.0 cm³/mol. The van der Waals surface area contributed by atoms with Crippen molar-refractivity contribution in [2.75, 3.05) is 6.61 Å². The number of aliphatic hydroxyl groups excluding tert-OH is 2. The van der Waals surface area contributed by atoms with Crippen LogP contribution in [0, 0.1) is 5.92 Å². The molecular formula is C20H26O6. The fourth-order valence-corrected chi connectivity index (χ4v) is 3.14. The fourth-order valence-electron chi connectivity index (χ4n) is 3.14. The van der Waals surface area contributed by atoms with E-state index >= 15 is 0 Å². The van der Waals surface area contributed by atoms with Crippen molar-refractivity contribution in [3.8, 4) is 0 Å². The third-order valence-electron chi connectivity index (χ3n) is 4.81. The highest BCUT2D eigenvalue weighted by atomic mass is 16.6. The van der Waals surface area contributed by atoms with Gasteiger partial charge in [0.2, 0.25) is 0 Å². The zero-order chi connectivity index (χ0) is 19.4. The molecule has 0 amide bonds. The van der Waals surface area contributed by atoms with Crippen LogP contribution >= 0.6 is 0 Å². The fraction of sp³-hybridized carbons (Fsp3) is 0.500. The highest BCUT2D eigenvalue weighted by Crippen LogP contribution is 2.36. The second-order valence-corrected chi connectivity index (χ2v) is 6.85. The average molecular weight is 362 g/mol. The Morgan fingerprint density at radius 3 is 2.81 bits per heavy atom. The molecule has 1 aliphatic carbocycles. The number of aliphatic hydroxyl groups is 2. The smallest absolute Gasteiger partial charge is 0.334 e. The molecule has 2 aliphatic rings. The molecule has 1 saturated heterocycles. The normalized spacial score (nSPS) is 30.1. The summed E-state index contributed by atoms with van der Waals surface area (Å²) >= 11 is 0. The van der Waals surface area contributed by atoms with E-state index in [2.05, 4.69) is 6.58 Å². The molecular weight excluding hydrogens is 336 g/mol. The molecule has 0 saturated carbocycles. The maximum atomic E-state index is 12.3. The number of carbonyl (C=O) groups is 2. The van der Waals surface area contributed by atoms with Gasteiger partial charge in [-0.05, 0) is 44.9 Å². The van der Waals surface area contributed by atoms with Gasteiger partial charge in [0, 0.05) is 17.6 Å². The lowest BCUT2D eigenvalue weighted by atomic mass is 9.85. The maximum absolute atomic E-state index is 12.3. The molecule has 0 radical (unpaired) electrons. The van der Waals surface area contributed by atoms with Gasteiger partial charge in [-0.15, -0.1) is 0 Å². The molecule has 0 aromatic heterocycles. The van der Waals surface area contributed by atoms with Crippen LogP contribution in [0.5, 0.6) is 0 Å². The van der Waals surface area contributed by atoms with Crippen LogP contribution in [-0.2, 0) is 19.1 Å². The van der Waals surface area contributed by atoms with Gasteiger partial charge in [0.25, 0.3) is 0 Å². The van der Waals surface area contributed by atoms with Gasteiger partial charge in [0.15, 0.2) is 0 Å². The molecule has 0 aromatic rings. The number of carbonyl (C=O) groups excluding carboxylic acids is 2. The SMILES string of the molecule is C=C1C(=O)OC2C=C(C)C(O)CC=C(C)CC(OC(=O)/C(C)=C/CO)C12. The molecule has 142 valence electrons. The molecule has 0 bridgehead atoms. The molecule has 2 N–H and O–H groups in total. The second-order valence-electron chi connectivity index (χ2n) is 6.85. The van der Waals surface area contributed by atoms with Crippen LogP contribution in [0.2, 0.25) is 0 Å². The monoisotopic (exact) mass is 362 g/mol. The molecule has 26 heavy (non-hydrogen) atoms. The summed E-state index contributed by atoms with van der Waals surface area (Å²) in [7, 11) is 0. The standard InChI is InChI=1S/C20H26O6/c1-11-5-6-15(22)13(3)10-17-18(14(4)20(24)26-17)16(9-11)25-19(23)12(2)7-8-21/h5,7,10,15-18,21-22H,4,6,8-9H2,1-3H3/b11-5?,12-7+,13-10?. The summed E-state index contributed by atoms with van der Waals surface area (Å²) in [6.45, 7) is 8.79. The van der Waals surface area contributed by atoms with E-state index in [9.17, 15) is 14.7 Å². The zero-order valence-corrected chi connectivity index (χ0v) is 15.4. The lowest BCUT2D eigenvalue weighted by Crippen LogP contribution is -2.34. The Morgan fingerprint density at radius 2 is 2.15 bits per heavy atom. The molecule has 1 fully saturated rings. The minimum Gasteiger partial charge on any atom is -0.458 e. The summed E-state index contributed by atoms with van der Waals surface area (Å²) in [5, 5.41) is 19.2. The topological polar surface area (TPSA) is 93.1 Å². The maximum Gasteiger partial charge on any atom is 0.334 e. The van der Waals surface area contributed by atoms with Gasteiger partial charge < -0.3 is 19.7 Å². The molecule has 0 spiro atoms. The molecule has 4 unspecified atom stereocenters. The van der Waals surface area contributed by atoms with E-state index in [1.54, 1.807) is 19.9 Å². The van der Waals surface area contributed by atoms with Crippen molar-refractivity contribution in [2.24, 2.45) is 5.92 Å². The third-order valence-corrected chi connectivity index (χ3v) is 4.81. The Hall–Kier alpha value is -2.18. The van der Waals surface area contributed by atoms with Gasteiger partial charge in [-0.25, -0.2) is 9.59 Å². The summed E-state index contributed by atoms with van der Waals surface area (Å²) in [4.78, 5) is 24.4. The van der Waals surface area contributed by atoms with Gasteiger partial charge in [0.05, 0.1) is 18.6 Å². The van der Waals surface area contributed by atoms with Crippen LogP contribution in [0.25, 0.3) is 0 Å². The Kier molecular flexibility index (Phi) is 6.56. The molecule has 1 heterocycles. The lowest BCUT2D eigenvalue weighted by molar-refractivity contribution is -0.147. The van der Waals surface area contributed by atoms with E-state index in [-0.39, 0.29) is 12.2 Å². The van der Waals surface area contributed by atoms with Crippen LogP contribution in [0.15, 0.2) is 47.1 Å². The van der Waals surface area contributed by atoms with Crippen LogP contribution in [0.3, 0.4) is 0 Å². The van der Waals surface area contributed by atoms with Crippen LogP contribution in [0.1, 0.15) is 33.6 Å². The van der Waals surface area contributed by atoms with E-state index in [0.717, 1.165) is 5.57 Å². The Labute approximate surface area is 153 Å². The minimum absolute atomic E-state index is 0.253. The highest BCUT2D eigenvalue weighted by molar-refractivity contribution is 5.92. The molecule has 4 atom stereocenters. The van der Waals surface area contributed by atoms with E-state index in [0.29, 0.717) is 24.0 Å². The van der Waals surface area contributed by atoms with E-state index in [1.807, 2.05) is 13.0 Å². The summed E-state index contributed by atoms with van der Waals surface area (Å²) in [5.74, 6) is -1.61. The number of ether oxygens (including phenoxy) is 2. The second kappa shape index (κ2) is 8.47. The summed E-state index contributed by atoms with van der Waals surface area (Å²) in [6.07, 6.45) is 3.87. The van der Waals surface area contributed by atoms with Crippen molar-refractivity contribution in [3.63, 3.8) is 0 Å². The molecule has 1 aliphatic heterocycles. The quantitative estimate of drug-likeness (QED) is 0.453. The Morgan fingerprint density at radius 1 is 1.46 bits per heavy atom. The van der Waals surface area contributed by atoms with E-state index in [4.69, 9.17) is 14.6 Å². The van der Waals surface area contributed by atoms with Crippen molar-refractivity contribution in [1.29, 1.82) is 0 Å². The molecule has 6 nitrogen and oxygen atoms in total. The predicted octanol–water partition coefficient (Wildman–Crippen LogP) is 1.98. The minimum atomic E-state index is -0.660. The van der Waals surface area contributed by atoms with Gasteiger partial charge >= 0.3 is 11.9 Å². The van der Waals surface area contributed by atoms with Crippen molar-refractivity contribution in [1.82, 2.24) is 0 Å². The van der Waals surface area contributed by atoms with Gasteiger partial charge in [-0.1, -0.05) is 18.2 Å². The van der Waals surface area contributed by atoms with Crippen molar-refractivity contribution in [2.45, 2.75) is 51.9 Å². The summed E-state index contributed by atoms with van der Waals surface area (Å²) in [5.41, 5.74) is 2.17. The Balaban J connectivity index is 2.39. The number of fused-ring (bicyclic) bond motifs is 1. The van der Waals surface area contributed by atoms with Crippen molar-refractivity contribution < 1.29 is 29.3 Å². The summed E-state index contributed by atoms with van der Waals surface area (Å²) in [6, 6.07) is 0. The van der Waals surface area contributed by atoms with Crippen molar-refractivity contribution in [3.05, 3.63) is 47.1 Å². The first-order chi connectivity index (χ1) is 12.2. The number of rotatable bonds is 3. The zero-order valence-electron chi connectivity index (χ0n) is 15.4. The number of hydrogen-bond donors (Lipinski definition) is 2. The largest absolute Gasteiger partial charge is 0.458 e. The Bertz CT molecular complexity index is 684. The van der Waals surface area contributed by atoms with Crippen molar-refractivity contribution >= 4 is 11.9 Å². The van der Waals surface area contributed by atoms with E-state index < -0.39 is 36.2 Å². The summed E-state index contributed by atoms with van der Waals surface area (Å²) < 4.78 is 11.1. The lowest BCUT2D eigenvalue weighted by Gasteiger charge is -2.28. The average Bonchev–Trinajstić information content (AvgIpc) is 2.85.